The fourth-order valence-corrected chi connectivity index (χ4v) is 1.68. The summed E-state index contributed by atoms with van der Waals surface area (Å²) in [6.07, 6.45) is 0.410. The van der Waals surface area contributed by atoms with E-state index in [1.54, 1.807) is 7.11 Å². The number of benzene rings is 1. The third kappa shape index (κ3) is 3.17. The second-order valence-corrected chi connectivity index (χ2v) is 4.88. The molecule has 0 saturated heterocycles. The molecule has 2 heteroatoms. The van der Waals surface area contributed by atoms with E-state index >= 15 is 0 Å². The Morgan fingerprint density at radius 2 is 1.94 bits per heavy atom. The summed E-state index contributed by atoms with van der Waals surface area (Å²) in [5.41, 5.74) is 2.63. The number of aryl methyl sites for hydroxylation is 2. The van der Waals surface area contributed by atoms with Gasteiger partial charge in [-0.2, -0.15) is 0 Å². The van der Waals surface area contributed by atoms with Crippen LogP contribution in [0.5, 0.6) is 0 Å². The number of carbonyl (C=O) groups is 1. The van der Waals surface area contributed by atoms with Gasteiger partial charge in [-0.1, -0.05) is 23.8 Å². The van der Waals surface area contributed by atoms with Crippen LogP contribution >= 0.6 is 0 Å². The molecule has 0 aliphatic carbocycles. The summed E-state index contributed by atoms with van der Waals surface area (Å²) >= 11 is 0. The third-order valence-electron chi connectivity index (χ3n) is 2.82. The minimum Gasteiger partial charge on any atom is -0.378 e. The highest BCUT2D eigenvalue weighted by Gasteiger charge is 2.22. The molecule has 0 fully saturated rings. The van der Waals surface area contributed by atoms with E-state index in [2.05, 4.69) is 0 Å². The molecule has 16 heavy (non-hydrogen) atoms. The molecule has 0 heterocycles. The number of Topliss-reactive ketones (excluding diaryl/α,β-unsaturated/α-hetero) is 1. The second-order valence-electron chi connectivity index (χ2n) is 4.88. The fourth-order valence-electron chi connectivity index (χ4n) is 1.68. The Kier molecular flexibility index (Phi) is 3.87. The third-order valence-corrected chi connectivity index (χ3v) is 2.82. The van der Waals surface area contributed by atoms with E-state index in [-0.39, 0.29) is 5.78 Å². The number of carbonyl (C=O) groups excluding carboxylic acids is 1. The smallest absolute Gasteiger partial charge is 0.165 e. The van der Waals surface area contributed by atoms with Crippen LogP contribution in [0.3, 0.4) is 0 Å². The van der Waals surface area contributed by atoms with Crippen LogP contribution in [0.4, 0.5) is 0 Å². The van der Waals surface area contributed by atoms with E-state index in [4.69, 9.17) is 4.74 Å². The van der Waals surface area contributed by atoms with E-state index in [1.807, 2.05) is 45.9 Å². The predicted octanol–water partition coefficient (Wildman–Crippen LogP) is 3.30. The molecule has 0 unspecified atom stereocenters. The molecule has 0 aromatic heterocycles. The Hall–Kier alpha value is -1.15. The maximum atomic E-state index is 12.1. The summed E-state index contributed by atoms with van der Waals surface area (Å²) in [5, 5.41) is 0. The van der Waals surface area contributed by atoms with E-state index in [9.17, 15) is 4.79 Å². The monoisotopic (exact) mass is 220 g/mol. The Balaban J connectivity index is 2.89. The van der Waals surface area contributed by atoms with Crippen molar-refractivity contribution in [3.63, 3.8) is 0 Å². The van der Waals surface area contributed by atoms with Crippen LogP contribution in [-0.4, -0.2) is 18.5 Å². The summed E-state index contributed by atoms with van der Waals surface area (Å²) in [6.45, 7) is 7.85. The molecule has 0 radical (unpaired) electrons. The van der Waals surface area contributed by atoms with Crippen LogP contribution in [0.15, 0.2) is 18.2 Å². The fraction of sp³-hybridized carbons (Fsp3) is 0.500. The quantitative estimate of drug-likeness (QED) is 0.728. The number of hydrogen-bond acceptors (Lipinski definition) is 2. The molecular formula is C14H20O2. The standard InChI is InChI=1S/C14H20O2/c1-10-6-7-12(11(2)8-10)13(15)9-14(3,4)16-5/h6-8H,9H2,1-5H3. The van der Waals surface area contributed by atoms with Crippen molar-refractivity contribution in [3.05, 3.63) is 34.9 Å². The van der Waals surface area contributed by atoms with Crippen molar-refractivity contribution in [2.45, 2.75) is 39.7 Å². The van der Waals surface area contributed by atoms with Crippen LogP contribution in [-0.2, 0) is 4.74 Å². The topological polar surface area (TPSA) is 26.3 Å². The van der Waals surface area contributed by atoms with Crippen molar-refractivity contribution in [2.24, 2.45) is 0 Å². The number of rotatable bonds is 4. The average Bonchev–Trinajstić information content (AvgIpc) is 2.16. The normalized spacial score (nSPS) is 11.6. The molecule has 0 aliphatic rings. The summed E-state index contributed by atoms with van der Waals surface area (Å²) in [5.74, 6) is 0.143. The summed E-state index contributed by atoms with van der Waals surface area (Å²) in [4.78, 5) is 12.1. The zero-order valence-corrected chi connectivity index (χ0v) is 10.8. The number of hydrogen-bond donors (Lipinski definition) is 0. The Morgan fingerprint density at radius 1 is 1.31 bits per heavy atom. The highest BCUT2D eigenvalue weighted by Crippen LogP contribution is 2.19. The van der Waals surface area contributed by atoms with Gasteiger partial charge in [0.15, 0.2) is 5.78 Å². The molecular weight excluding hydrogens is 200 g/mol. The van der Waals surface area contributed by atoms with Gasteiger partial charge in [0.05, 0.1) is 5.60 Å². The zero-order valence-electron chi connectivity index (χ0n) is 10.8. The van der Waals surface area contributed by atoms with Gasteiger partial charge in [-0.05, 0) is 33.3 Å². The summed E-state index contributed by atoms with van der Waals surface area (Å²) < 4.78 is 5.27. The van der Waals surface area contributed by atoms with Crippen molar-refractivity contribution >= 4 is 5.78 Å². The zero-order chi connectivity index (χ0) is 12.3. The molecule has 0 bridgehead atoms. The molecule has 0 spiro atoms. The lowest BCUT2D eigenvalue weighted by molar-refractivity contribution is 0.0172. The van der Waals surface area contributed by atoms with Crippen LogP contribution in [0.1, 0.15) is 41.8 Å². The van der Waals surface area contributed by atoms with Gasteiger partial charge in [0.25, 0.3) is 0 Å². The molecule has 0 N–H and O–H groups in total. The summed E-state index contributed by atoms with van der Waals surface area (Å²) in [6, 6.07) is 5.91. The van der Waals surface area contributed by atoms with E-state index in [1.165, 1.54) is 5.56 Å². The van der Waals surface area contributed by atoms with Gasteiger partial charge >= 0.3 is 0 Å². The first-order chi connectivity index (χ1) is 7.35. The van der Waals surface area contributed by atoms with Gasteiger partial charge < -0.3 is 4.74 Å². The van der Waals surface area contributed by atoms with Crippen LogP contribution in [0.2, 0.25) is 0 Å². The van der Waals surface area contributed by atoms with Crippen molar-refractivity contribution in [1.82, 2.24) is 0 Å². The predicted molar refractivity (Wildman–Crippen MR) is 66.0 cm³/mol. The van der Waals surface area contributed by atoms with Gasteiger partial charge in [0.1, 0.15) is 0 Å². The second kappa shape index (κ2) is 4.79. The highest BCUT2D eigenvalue weighted by atomic mass is 16.5. The van der Waals surface area contributed by atoms with E-state index in [0.29, 0.717) is 6.42 Å². The maximum Gasteiger partial charge on any atom is 0.165 e. The maximum absolute atomic E-state index is 12.1. The van der Waals surface area contributed by atoms with E-state index in [0.717, 1.165) is 11.1 Å². The molecule has 1 rings (SSSR count). The van der Waals surface area contributed by atoms with Crippen molar-refractivity contribution in [2.75, 3.05) is 7.11 Å². The first-order valence-electron chi connectivity index (χ1n) is 5.51. The van der Waals surface area contributed by atoms with Crippen LogP contribution in [0.25, 0.3) is 0 Å². The molecule has 1 aromatic rings. The van der Waals surface area contributed by atoms with Crippen molar-refractivity contribution in [1.29, 1.82) is 0 Å². The number of ketones is 1. The average molecular weight is 220 g/mol. The number of ether oxygens (including phenoxy) is 1. The first kappa shape index (κ1) is 12.9. The molecule has 0 aliphatic heterocycles. The van der Waals surface area contributed by atoms with Gasteiger partial charge in [-0.15, -0.1) is 0 Å². The lowest BCUT2D eigenvalue weighted by atomic mass is 9.94. The SMILES string of the molecule is COC(C)(C)CC(=O)c1ccc(C)cc1C. The molecule has 2 nitrogen and oxygen atoms in total. The van der Waals surface area contributed by atoms with Gasteiger partial charge in [0.2, 0.25) is 0 Å². The lowest BCUT2D eigenvalue weighted by Gasteiger charge is -2.22. The van der Waals surface area contributed by atoms with Crippen molar-refractivity contribution < 1.29 is 9.53 Å². The van der Waals surface area contributed by atoms with E-state index < -0.39 is 5.60 Å². The molecule has 88 valence electrons. The van der Waals surface area contributed by atoms with Gasteiger partial charge in [0, 0.05) is 19.1 Å². The molecule has 1 aromatic carbocycles. The Bertz CT molecular complexity index is 392. The van der Waals surface area contributed by atoms with Crippen LogP contribution in [0, 0.1) is 13.8 Å². The minimum absolute atomic E-state index is 0.143. The van der Waals surface area contributed by atoms with Crippen LogP contribution < -0.4 is 0 Å². The largest absolute Gasteiger partial charge is 0.378 e. The highest BCUT2D eigenvalue weighted by molar-refractivity contribution is 5.98. The first-order valence-corrected chi connectivity index (χ1v) is 5.51. The van der Waals surface area contributed by atoms with Crippen molar-refractivity contribution in [3.8, 4) is 0 Å². The number of methoxy groups -OCH3 is 1. The van der Waals surface area contributed by atoms with Gasteiger partial charge in [-0.25, -0.2) is 0 Å². The minimum atomic E-state index is -0.394. The molecule has 0 atom stereocenters. The summed E-state index contributed by atoms with van der Waals surface area (Å²) in [7, 11) is 1.63. The lowest BCUT2D eigenvalue weighted by Crippen LogP contribution is -2.26. The Labute approximate surface area is 97.6 Å². The molecule has 0 amide bonds. The molecule has 0 saturated carbocycles. The Morgan fingerprint density at radius 3 is 2.44 bits per heavy atom. The van der Waals surface area contributed by atoms with Gasteiger partial charge in [-0.3, -0.25) is 4.79 Å².